The van der Waals surface area contributed by atoms with E-state index in [1.165, 1.54) is 12.1 Å². The number of amides is 1. The number of halogens is 1. The highest BCUT2D eigenvalue weighted by molar-refractivity contribution is 5.95. The van der Waals surface area contributed by atoms with Gasteiger partial charge in [0.1, 0.15) is 5.82 Å². The van der Waals surface area contributed by atoms with Crippen LogP contribution in [0.2, 0.25) is 0 Å². The Morgan fingerprint density at radius 3 is 2.50 bits per heavy atom. The second-order valence-electron chi connectivity index (χ2n) is 7.49. The van der Waals surface area contributed by atoms with Gasteiger partial charge < -0.3 is 9.80 Å². The van der Waals surface area contributed by atoms with Crippen molar-refractivity contribution in [1.82, 2.24) is 10.2 Å². The standard InChI is InChI=1S/C24H25FN4O/c1-2-29(21-8-4-3-5-9-21)24(30)19-7-6-16-28(17-19)23-15-14-22(26-27-23)18-10-12-20(25)13-11-18/h3-5,8-15,19H,2,6-7,16-17H2,1H3. The quantitative estimate of drug-likeness (QED) is 0.626. The summed E-state index contributed by atoms with van der Waals surface area (Å²) in [5.74, 6) is 0.576. The first-order valence-corrected chi connectivity index (χ1v) is 10.4. The van der Waals surface area contributed by atoms with Gasteiger partial charge in [-0.1, -0.05) is 18.2 Å². The first-order chi connectivity index (χ1) is 14.7. The Morgan fingerprint density at radius 1 is 1.07 bits per heavy atom. The van der Waals surface area contributed by atoms with Crippen molar-refractivity contribution >= 4 is 17.4 Å². The normalized spacial score (nSPS) is 16.3. The lowest BCUT2D eigenvalue weighted by molar-refractivity contribution is -0.122. The van der Waals surface area contributed by atoms with Crippen molar-refractivity contribution in [3.05, 3.63) is 72.5 Å². The number of hydrogen-bond acceptors (Lipinski definition) is 4. The molecule has 0 radical (unpaired) electrons. The molecular weight excluding hydrogens is 379 g/mol. The topological polar surface area (TPSA) is 49.3 Å². The summed E-state index contributed by atoms with van der Waals surface area (Å²) in [5, 5.41) is 8.69. The number of nitrogens with zero attached hydrogens (tertiary/aromatic N) is 4. The number of para-hydroxylation sites is 1. The van der Waals surface area contributed by atoms with Crippen LogP contribution in [-0.4, -0.2) is 35.7 Å². The molecule has 1 aliphatic rings. The van der Waals surface area contributed by atoms with Crippen LogP contribution in [0.1, 0.15) is 19.8 Å². The summed E-state index contributed by atoms with van der Waals surface area (Å²) < 4.78 is 13.1. The lowest BCUT2D eigenvalue weighted by Crippen LogP contribution is -2.45. The molecule has 5 nitrogen and oxygen atoms in total. The predicted molar refractivity (Wildman–Crippen MR) is 117 cm³/mol. The molecule has 3 aromatic rings. The van der Waals surface area contributed by atoms with Crippen molar-refractivity contribution in [1.29, 1.82) is 0 Å². The third-order valence-corrected chi connectivity index (χ3v) is 5.54. The van der Waals surface area contributed by atoms with Gasteiger partial charge in [0.15, 0.2) is 5.82 Å². The predicted octanol–water partition coefficient (Wildman–Crippen LogP) is 4.55. The Kier molecular flexibility index (Phi) is 6.02. The minimum absolute atomic E-state index is 0.0718. The third-order valence-electron chi connectivity index (χ3n) is 5.54. The van der Waals surface area contributed by atoms with Crippen molar-refractivity contribution in [3.8, 4) is 11.3 Å². The smallest absolute Gasteiger partial charge is 0.231 e. The molecule has 0 spiro atoms. The fourth-order valence-electron chi connectivity index (χ4n) is 3.95. The Balaban J connectivity index is 1.47. The molecule has 30 heavy (non-hydrogen) atoms. The molecule has 2 aromatic carbocycles. The highest BCUT2D eigenvalue weighted by Gasteiger charge is 2.30. The number of carbonyl (C=O) groups excluding carboxylic acids is 1. The van der Waals surface area contributed by atoms with Crippen LogP contribution in [0.4, 0.5) is 15.9 Å². The molecule has 1 aliphatic heterocycles. The van der Waals surface area contributed by atoms with E-state index in [1.54, 1.807) is 12.1 Å². The summed E-state index contributed by atoms with van der Waals surface area (Å²) >= 11 is 0. The number of benzene rings is 2. The zero-order valence-corrected chi connectivity index (χ0v) is 17.0. The lowest BCUT2D eigenvalue weighted by Gasteiger charge is -2.35. The minimum atomic E-state index is -0.274. The Morgan fingerprint density at radius 2 is 1.83 bits per heavy atom. The maximum atomic E-state index is 13.2. The van der Waals surface area contributed by atoms with Crippen molar-refractivity contribution < 1.29 is 9.18 Å². The molecule has 6 heteroatoms. The van der Waals surface area contributed by atoms with E-state index < -0.39 is 0 Å². The number of hydrogen-bond donors (Lipinski definition) is 0. The summed E-state index contributed by atoms with van der Waals surface area (Å²) in [6, 6.07) is 19.8. The van der Waals surface area contributed by atoms with Crippen LogP contribution in [0.3, 0.4) is 0 Å². The van der Waals surface area contributed by atoms with Crippen molar-refractivity contribution in [2.45, 2.75) is 19.8 Å². The van der Waals surface area contributed by atoms with Gasteiger partial charge in [-0.05, 0) is 68.3 Å². The molecule has 154 valence electrons. The summed E-state index contributed by atoms with van der Waals surface area (Å²) in [6.07, 6.45) is 1.81. The molecule has 1 fully saturated rings. The molecular formula is C24H25FN4O. The van der Waals surface area contributed by atoms with E-state index in [2.05, 4.69) is 15.1 Å². The Labute approximate surface area is 176 Å². The molecule has 2 heterocycles. The van der Waals surface area contributed by atoms with Crippen LogP contribution in [0.25, 0.3) is 11.3 Å². The average molecular weight is 404 g/mol. The van der Waals surface area contributed by atoms with Gasteiger partial charge in [0.05, 0.1) is 11.6 Å². The van der Waals surface area contributed by atoms with Crippen LogP contribution < -0.4 is 9.80 Å². The first-order valence-electron chi connectivity index (χ1n) is 10.4. The van der Waals surface area contributed by atoms with E-state index in [0.29, 0.717) is 18.8 Å². The molecule has 0 aliphatic carbocycles. The summed E-state index contributed by atoms with van der Waals surface area (Å²) in [4.78, 5) is 17.2. The van der Waals surface area contributed by atoms with Gasteiger partial charge in [-0.2, -0.15) is 0 Å². The van der Waals surface area contributed by atoms with Gasteiger partial charge >= 0.3 is 0 Å². The summed E-state index contributed by atoms with van der Waals surface area (Å²) in [5.41, 5.74) is 2.46. The summed E-state index contributed by atoms with van der Waals surface area (Å²) in [7, 11) is 0. The summed E-state index contributed by atoms with van der Waals surface area (Å²) in [6.45, 7) is 4.13. The maximum Gasteiger partial charge on any atom is 0.231 e. The van der Waals surface area contributed by atoms with Crippen LogP contribution in [0, 0.1) is 11.7 Å². The van der Waals surface area contributed by atoms with Gasteiger partial charge in [0.25, 0.3) is 0 Å². The Hall–Kier alpha value is -3.28. The molecule has 1 aromatic heterocycles. The van der Waals surface area contributed by atoms with E-state index >= 15 is 0 Å². The van der Waals surface area contributed by atoms with Gasteiger partial charge in [0, 0.05) is 30.9 Å². The molecule has 4 rings (SSSR count). The number of rotatable bonds is 5. The van der Waals surface area contributed by atoms with E-state index in [1.807, 2.05) is 54.3 Å². The average Bonchev–Trinajstić information content (AvgIpc) is 2.81. The van der Waals surface area contributed by atoms with Gasteiger partial charge in [-0.15, -0.1) is 10.2 Å². The number of piperidine rings is 1. The van der Waals surface area contributed by atoms with Crippen LogP contribution in [0.15, 0.2) is 66.7 Å². The molecule has 1 atom stereocenters. The van der Waals surface area contributed by atoms with Crippen LogP contribution in [-0.2, 0) is 4.79 Å². The van der Waals surface area contributed by atoms with Crippen molar-refractivity contribution in [2.75, 3.05) is 29.4 Å². The number of aromatic nitrogens is 2. The van der Waals surface area contributed by atoms with Gasteiger partial charge in [-0.3, -0.25) is 4.79 Å². The van der Waals surface area contributed by atoms with E-state index in [9.17, 15) is 9.18 Å². The van der Waals surface area contributed by atoms with Gasteiger partial charge in [0.2, 0.25) is 5.91 Å². The van der Waals surface area contributed by atoms with Crippen molar-refractivity contribution in [3.63, 3.8) is 0 Å². The van der Waals surface area contributed by atoms with Crippen LogP contribution >= 0.6 is 0 Å². The second kappa shape index (κ2) is 9.03. The molecule has 1 saturated heterocycles. The largest absolute Gasteiger partial charge is 0.354 e. The lowest BCUT2D eigenvalue weighted by atomic mass is 9.96. The van der Waals surface area contributed by atoms with Crippen LogP contribution in [0.5, 0.6) is 0 Å². The third kappa shape index (κ3) is 4.32. The fraction of sp³-hybridized carbons (Fsp3) is 0.292. The highest BCUT2D eigenvalue weighted by Crippen LogP contribution is 2.26. The fourth-order valence-corrected chi connectivity index (χ4v) is 3.95. The molecule has 0 bridgehead atoms. The minimum Gasteiger partial charge on any atom is -0.354 e. The van der Waals surface area contributed by atoms with E-state index in [-0.39, 0.29) is 17.6 Å². The zero-order valence-electron chi connectivity index (χ0n) is 17.0. The number of anilines is 2. The van der Waals surface area contributed by atoms with Gasteiger partial charge in [-0.25, -0.2) is 4.39 Å². The second-order valence-corrected chi connectivity index (χ2v) is 7.49. The number of carbonyl (C=O) groups is 1. The monoisotopic (exact) mass is 404 g/mol. The Bertz CT molecular complexity index is 976. The van der Waals surface area contributed by atoms with E-state index in [0.717, 1.165) is 36.5 Å². The molecule has 0 saturated carbocycles. The van der Waals surface area contributed by atoms with E-state index in [4.69, 9.17) is 0 Å². The maximum absolute atomic E-state index is 13.2. The highest BCUT2D eigenvalue weighted by atomic mass is 19.1. The zero-order chi connectivity index (χ0) is 20.9. The first kappa shape index (κ1) is 20.0. The van der Waals surface area contributed by atoms with Crippen molar-refractivity contribution in [2.24, 2.45) is 5.92 Å². The molecule has 1 amide bonds. The SMILES string of the molecule is CCN(C(=O)C1CCCN(c2ccc(-c3ccc(F)cc3)nn2)C1)c1ccccc1. The molecule has 0 N–H and O–H groups in total. The molecule has 1 unspecified atom stereocenters.